The lowest BCUT2D eigenvalue weighted by Crippen LogP contribution is -2.24. The van der Waals surface area contributed by atoms with Crippen molar-refractivity contribution in [2.24, 2.45) is 11.1 Å². The Morgan fingerprint density at radius 1 is 1.64 bits per heavy atom. The van der Waals surface area contributed by atoms with E-state index in [-0.39, 0.29) is 17.6 Å². The first-order valence-corrected chi connectivity index (χ1v) is 4.05. The van der Waals surface area contributed by atoms with E-state index in [9.17, 15) is 4.79 Å². The molecule has 0 aromatic carbocycles. The summed E-state index contributed by atoms with van der Waals surface area (Å²) in [6.07, 6.45) is 2.12. The maximum Gasteiger partial charge on any atom is 0.145 e. The van der Waals surface area contributed by atoms with E-state index in [1.54, 1.807) is 0 Å². The van der Waals surface area contributed by atoms with Crippen molar-refractivity contribution in [1.29, 1.82) is 0 Å². The lowest BCUT2D eigenvalue weighted by Gasteiger charge is -2.08. The average molecular weight is 174 g/mol. The Bertz CT molecular complexity index is 196. The molecule has 0 spiro atoms. The Labute approximate surface area is 71.4 Å². The zero-order valence-corrected chi connectivity index (χ0v) is 7.16. The van der Waals surface area contributed by atoms with Gasteiger partial charge in [0, 0.05) is 23.4 Å². The molecule has 0 amide bonds. The van der Waals surface area contributed by atoms with Gasteiger partial charge in [0.05, 0.1) is 0 Å². The fraction of sp³-hybridized carbons (Fsp3) is 0.625. The molecule has 62 valence electrons. The van der Waals surface area contributed by atoms with Crippen LogP contribution in [0, 0.1) is 5.41 Å². The highest BCUT2D eigenvalue weighted by Crippen LogP contribution is 2.46. The predicted molar refractivity (Wildman–Crippen MR) is 45.3 cm³/mol. The molecular formula is C8H12ClNO. The lowest BCUT2D eigenvalue weighted by molar-refractivity contribution is -0.123. The number of halogens is 1. The molecule has 0 unspecified atom stereocenters. The molecular weight excluding hydrogens is 162 g/mol. The molecule has 11 heavy (non-hydrogen) atoms. The number of ketones is 1. The van der Waals surface area contributed by atoms with Crippen LogP contribution in [0.1, 0.15) is 19.3 Å². The van der Waals surface area contributed by atoms with Crippen molar-refractivity contribution in [2.75, 3.05) is 6.54 Å². The number of hydrogen-bond acceptors (Lipinski definition) is 2. The van der Waals surface area contributed by atoms with Crippen LogP contribution in [0.25, 0.3) is 0 Å². The molecule has 0 aliphatic heterocycles. The van der Waals surface area contributed by atoms with E-state index in [0.29, 0.717) is 11.6 Å². The summed E-state index contributed by atoms with van der Waals surface area (Å²) in [5.74, 6) is 0.153. The molecule has 0 bridgehead atoms. The van der Waals surface area contributed by atoms with E-state index < -0.39 is 0 Å². The number of carbonyl (C=O) groups excluding carboxylic acids is 1. The number of rotatable bonds is 4. The summed E-state index contributed by atoms with van der Waals surface area (Å²) >= 11 is 5.51. The summed E-state index contributed by atoms with van der Waals surface area (Å²) in [6.45, 7) is 3.93. The zero-order chi connectivity index (χ0) is 8.48. The molecule has 1 aliphatic carbocycles. The van der Waals surface area contributed by atoms with Gasteiger partial charge in [-0.3, -0.25) is 4.79 Å². The first-order valence-electron chi connectivity index (χ1n) is 3.67. The summed E-state index contributed by atoms with van der Waals surface area (Å²) in [5.41, 5.74) is 5.23. The molecule has 0 aromatic heterocycles. The highest BCUT2D eigenvalue weighted by atomic mass is 35.5. The second-order valence-electron chi connectivity index (χ2n) is 3.10. The molecule has 2 nitrogen and oxygen atoms in total. The number of allylic oxidation sites excluding steroid dienone is 1. The van der Waals surface area contributed by atoms with Crippen LogP contribution in [-0.4, -0.2) is 12.3 Å². The van der Waals surface area contributed by atoms with Gasteiger partial charge in [0.15, 0.2) is 0 Å². The molecule has 2 N–H and O–H groups in total. The van der Waals surface area contributed by atoms with Crippen molar-refractivity contribution in [3.63, 3.8) is 0 Å². The van der Waals surface area contributed by atoms with E-state index in [2.05, 4.69) is 6.58 Å². The monoisotopic (exact) mass is 173 g/mol. The van der Waals surface area contributed by atoms with Crippen LogP contribution in [0.3, 0.4) is 0 Å². The number of Topliss-reactive ketones (excluding diaryl/α,β-unsaturated/α-hetero) is 1. The Hall–Kier alpha value is -0.340. The largest absolute Gasteiger partial charge is 0.329 e. The molecule has 1 saturated carbocycles. The van der Waals surface area contributed by atoms with Gasteiger partial charge in [-0.2, -0.15) is 0 Å². The lowest BCUT2D eigenvalue weighted by atomic mass is 9.99. The van der Waals surface area contributed by atoms with Gasteiger partial charge in [-0.15, -0.1) is 0 Å². The zero-order valence-electron chi connectivity index (χ0n) is 6.40. The molecule has 3 heteroatoms. The highest BCUT2D eigenvalue weighted by Gasteiger charge is 2.47. The summed E-state index contributed by atoms with van der Waals surface area (Å²) in [7, 11) is 0. The van der Waals surface area contributed by atoms with Crippen molar-refractivity contribution < 1.29 is 4.79 Å². The van der Waals surface area contributed by atoms with Gasteiger partial charge in [-0.1, -0.05) is 18.2 Å². The summed E-state index contributed by atoms with van der Waals surface area (Å²) < 4.78 is 0. The number of carbonyl (C=O) groups is 1. The van der Waals surface area contributed by atoms with Crippen molar-refractivity contribution in [1.82, 2.24) is 0 Å². The van der Waals surface area contributed by atoms with E-state index in [1.165, 1.54) is 0 Å². The van der Waals surface area contributed by atoms with E-state index in [0.717, 1.165) is 12.8 Å². The van der Waals surface area contributed by atoms with Gasteiger partial charge >= 0.3 is 0 Å². The maximum atomic E-state index is 11.3. The highest BCUT2D eigenvalue weighted by molar-refractivity contribution is 6.30. The fourth-order valence-electron chi connectivity index (χ4n) is 1.11. The van der Waals surface area contributed by atoms with Gasteiger partial charge in [0.2, 0.25) is 0 Å². The smallest absolute Gasteiger partial charge is 0.145 e. The first kappa shape index (κ1) is 8.75. The normalized spacial score (nSPS) is 19.5. The number of hydrogen-bond donors (Lipinski definition) is 1. The maximum absolute atomic E-state index is 11.3. The van der Waals surface area contributed by atoms with E-state index >= 15 is 0 Å². The molecule has 0 radical (unpaired) electrons. The van der Waals surface area contributed by atoms with Crippen LogP contribution in [0.5, 0.6) is 0 Å². The van der Waals surface area contributed by atoms with Crippen molar-refractivity contribution >= 4 is 17.4 Å². The second kappa shape index (κ2) is 2.95. The quantitative estimate of drug-likeness (QED) is 0.699. The summed E-state index contributed by atoms with van der Waals surface area (Å²) in [4.78, 5) is 11.3. The van der Waals surface area contributed by atoms with Crippen molar-refractivity contribution in [3.05, 3.63) is 11.6 Å². The molecule has 0 atom stereocenters. The van der Waals surface area contributed by atoms with Crippen LogP contribution in [0.4, 0.5) is 0 Å². The Balaban J connectivity index is 2.48. The molecule has 1 aliphatic rings. The molecule has 0 heterocycles. The van der Waals surface area contributed by atoms with Gasteiger partial charge in [-0.25, -0.2) is 0 Å². The predicted octanol–water partition coefficient (Wildman–Crippen LogP) is 1.44. The van der Waals surface area contributed by atoms with Gasteiger partial charge in [-0.05, 0) is 12.8 Å². The summed E-state index contributed by atoms with van der Waals surface area (Å²) in [6, 6.07) is 0. The molecule has 0 saturated heterocycles. The minimum atomic E-state index is -0.224. The minimum Gasteiger partial charge on any atom is -0.329 e. The fourth-order valence-corrected chi connectivity index (χ4v) is 1.23. The summed E-state index contributed by atoms with van der Waals surface area (Å²) in [5, 5.41) is 0.412. The third kappa shape index (κ3) is 1.82. The SMILES string of the molecule is C=C(Cl)CC(=O)C1(CN)CC1. The topological polar surface area (TPSA) is 43.1 Å². The third-order valence-electron chi connectivity index (χ3n) is 2.19. The molecule has 1 fully saturated rings. The van der Waals surface area contributed by atoms with E-state index in [1.807, 2.05) is 0 Å². The minimum absolute atomic E-state index is 0.153. The van der Waals surface area contributed by atoms with Gasteiger partial charge < -0.3 is 5.73 Å². The third-order valence-corrected chi connectivity index (χ3v) is 2.32. The Morgan fingerprint density at radius 2 is 2.18 bits per heavy atom. The van der Waals surface area contributed by atoms with Crippen LogP contribution >= 0.6 is 11.6 Å². The van der Waals surface area contributed by atoms with Gasteiger partial charge in [0.1, 0.15) is 5.78 Å². The second-order valence-corrected chi connectivity index (χ2v) is 3.64. The van der Waals surface area contributed by atoms with Gasteiger partial charge in [0.25, 0.3) is 0 Å². The molecule has 0 aromatic rings. The van der Waals surface area contributed by atoms with Crippen molar-refractivity contribution in [3.8, 4) is 0 Å². The Kier molecular flexibility index (Phi) is 2.35. The molecule has 1 rings (SSSR count). The van der Waals surface area contributed by atoms with Crippen LogP contribution in [0.15, 0.2) is 11.6 Å². The van der Waals surface area contributed by atoms with E-state index in [4.69, 9.17) is 17.3 Å². The van der Waals surface area contributed by atoms with Crippen LogP contribution in [-0.2, 0) is 4.79 Å². The first-order chi connectivity index (χ1) is 5.10. The van der Waals surface area contributed by atoms with Crippen LogP contribution < -0.4 is 5.73 Å². The van der Waals surface area contributed by atoms with Crippen LogP contribution in [0.2, 0.25) is 0 Å². The standard InChI is InChI=1S/C8H12ClNO/c1-6(9)4-7(11)8(5-10)2-3-8/h1-5,10H2. The Morgan fingerprint density at radius 3 is 2.45 bits per heavy atom. The number of nitrogens with two attached hydrogens (primary N) is 1. The average Bonchev–Trinajstić information content (AvgIpc) is 2.65. The van der Waals surface area contributed by atoms with Crippen molar-refractivity contribution in [2.45, 2.75) is 19.3 Å².